The maximum Gasteiger partial charge on any atom is 0.191 e. The maximum absolute atomic E-state index is 4.62. The van der Waals surface area contributed by atoms with Crippen molar-refractivity contribution in [3.8, 4) is 0 Å². The zero-order chi connectivity index (χ0) is 13.0. The van der Waals surface area contributed by atoms with Gasteiger partial charge in [0.05, 0.1) is 0 Å². The molecule has 1 atom stereocenters. The lowest BCUT2D eigenvalue weighted by atomic mass is 10.3. The molecule has 100 valence electrons. The molecule has 4 nitrogen and oxygen atoms in total. The van der Waals surface area contributed by atoms with Gasteiger partial charge in [0.1, 0.15) is 11.6 Å². The van der Waals surface area contributed by atoms with Crippen molar-refractivity contribution in [2.24, 2.45) is 0 Å². The number of anilines is 2. The Bertz CT molecular complexity index is 377. The van der Waals surface area contributed by atoms with Gasteiger partial charge in [-0.1, -0.05) is 18.7 Å². The number of hydrogen-bond acceptors (Lipinski definition) is 6. The van der Waals surface area contributed by atoms with Crippen LogP contribution in [-0.2, 0) is 0 Å². The first-order chi connectivity index (χ1) is 8.76. The molecule has 0 spiro atoms. The number of nitrogens with one attached hydrogen (secondary N) is 1. The van der Waals surface area contributed by atoms with Crippen LogP contribution in [0.5, 0.6) is 0 Å². The quantitative estimate of drug-likeness (QED) is 0.677. The third-order valence-corrected chi connectivity index (χ3v) is 4.97. The minimum Gasteiger partial charge on any atom is -0.373 e. The molecule has 1 saturated heterocycles. The first-order valence-electron chi connectivity index (χ1n) is 6.24. The second kappa shape index (κ2) is 6.52. The van der Waals surface area contributed by atoms with E-state index in [1.54, 1.807) is 11.8 Å². The molecule has 1 aromatic heterocycles. The Kier molecular flexibility index (Phi) is 5.00. The van der Waals surface area contributed by atoms with E-state index in [-0.39, 0.29) is 0 Å². The largest absolute Gasteiger partial charge is 0.373 e. The van der Waals surface area contributed by atoms with Gasteiger partial charge in [0.15, 0.2) is 5.16 Å². The van der Waals surface area contributed by atoms with E-state index in [4.69, 9.17) is 0 Å². The third kappa shape index (κ3) is 3.23. The molecule has 1 aliphatic heterocycles. The van der Waals surface area contributed by atoms with Crippen LogP contribution in [0.4, 0.5) is 11.6 Å². The summed E-state index contributed by atoms with van der Waals surface area (Å²) in [6.45, 7) is 4.43. The molecule has 0 bridgehead atoms. The molecule has 1 fully saturated rings. The normalized spacial score (nSPS) is 19.9. The topological polar surface area (TPSA) is 41.0 Å². The van der Waals surface area contributed by atoms with E-state index in [1.807, 2.05) is 19.4 Å². The molecular formula is C12H20N4S2. The Morgan fingerprint density at radius 3 is 3.06 bits per heavy atom. The van der Waals surface area contributed by atoms with Crippen molar-refractivity contribution in [1.29, 1.82) is 0 Å². The van der Waals surface area contributed by atoms with Crippen LogP contribution in [0.25, 0.3) is 0 Å². The molecular weight excluding hydrogens is 264 g/mol. The molecule has 1 aliphatic rings. The molecule has 6 heteroatoms. The average molecular weight is 284 g/mol. The zero-order valence-corrected chi connectivity index (χ0v) is 12.8. The van der Waals surface area contributed by atoms with Gasteiger partial charge in [0.25, 0.3) is 0 Å². The van der Waals surface area contributed by atoms with Gasteiger partial charge >= 0.3 is 0 Å². The summed E-state index contributed by atoms with van der Waals surface area (Å²) in [5.41, 5.74) is 0. The predicted octanol–water partition coefficient (Wildman–Crippen LogP) is 2.57. The fourth-order valence-corrected chi connectivity index (χ4v) is 3.52. The molecule has 2 heterocycles. The average Bonchev–Trinajstić information content (AvgIpc) is 2.46. The van der Waals surface area contributed by atoms with Gasteiger partial charge < -0.3 is 10.2 Å². The van der Waals surface area contributed by atoms with Crippen LogP contribution in [0, 0.1) is 0 Å². The maximum atomic E-state index is 4.62. The minimum absolute atomic E-state index is 0.726. The standard InChI is InChI=1S/C12H20N4S2/c1-4-9-8-16(5-6-18-9)11-7-10(13-2)14-12(15-11)17-3/h7,9H,4-6,8H2,1-3H3,(H,13,14,15). The number of aromatic nitrogens is 2. The van der Waals surface area contributed by atoms with Crippen LogP contribution in [0.1, 0.15) is 13.3 Å². The highest BCUT2D eigenvalue weighted by molar-refractivity contribution is 8.00. The fourth-order valence-electron chi connectivity index (χ4n) is 1.97. The SMILES string of the molecule is CCC1CN(c2cc(NC)nc(SC)n2)CCS1. The fraction of sp³-hybridized carbons (Fsp3) is 0.667. The molecule has 0 aromatic carbocycles. The van der Waals surface area contributed by atoms with Crippen LogP contribution in [0.2, 0.25) is 0 Å². The van der Waals surface area contributed by atoms with E-state index in [0.717, 1.165) is 35.1 Å². The summed E-state index contributed by atoms with van der Waals surface area (Å²) >= 11 is 3.66. The number of nitrogens with zero attached hydrogens (tertiary/aromatic N) is 3. The monoisotopic (exact) mass is 284 g/mol. The van der Waals surface area contributed by atoms with Crippen molar-refractivity contribution in [2.75, 3.05) is 42.4 Å². The molecule has 0 radical (unpaired) electrons. The van der Waals surface area contributed by atoms with Crippen molar-refractivity contribution in [3.63, 3.8) is 0 Å². The Morgan fingerprint density at radius 1 is 1.56 bits per heavy atom. The Morgan fingerprint density at radius 2 is 2.39 bits per heavy atom. The highest BCUT2D eigenvalue weighted by atomic mass is 32.2. The summed E-state index contributed by atoms with van der Waals surface area (Å²) in [4.78, 5) is 11.4. The van der Waals surface area contributed by atoms with E-state index in [0.29, 0.717) is 0 Å². The first-order valence-corrected chi connectivity index (χ1v) is 8.51. The molecule has 1 unspecified atom stereocenters. The van der Waals surface area contributed by atoms with Gasteiger partial charge in [-0.2, -0.15) is 11.8 Å². The van der Waals surface area contributed by atoms with E-state index >= 15 is 0 Å². The van der Waals surface area contributed by atoms with Gasteiger partial charge in [-0.05, 0) is 12.7 Å². The van der Waals surface area contributed by atoms with E-state index in [9.17, 15) is 0 Å². The summed E-state index contributed by atoms with van der Waals surface area (Å²) in [6, 6.07) is 2.04. The first kappa shape index (κ1) is 13.8. The summed E-state index contributed by atoms with van der Waals surface area (Å²) in [7, 11) is 1.90. The van der Waals surface area contributed by atoms with E-state index in [2.05, 4.69) is 38.9 Å². The van der Waals surface area contributed by atoms with Crippen molar-refractivity contribution in [2.45, 2.75) is 23.8 Å². The number of thioether (sulfide) groups is 2. The van der Waals surface area contributed by atoms with Gasteiger partial charge in [-0.15, -0.1) is 0 Å². The van der Waals surface area contributed by atoms with Crippen molar-refractivity contribution >= 4 is 35.2 Å². The Labute approximate surface area is 117 Å². The lowest BCUT2D eigenvalue weighted by Crippen LogP contribution is -2.38. The molecule has 0 amide bonds. The Balaban J connectivity index is 2.20. The van der Waals surface area contributed by atoms with Gasteiger partial charge in [-0.25, -0.2) is 9.97 Å². The van der Waals surface area contributed by atoms with Gasteiger partial charge in [-0.3, -0.25) is 0 Å². The van der Waals surface area contributed by atoms with Crippen LogP contribution in [0.3, 0.4) is 0 Å². The molecule has 2 rings (SSSR count). The van der Waals surface area contributed by atoms with Crippen molar-refractivity contribution in [3.05, 3.63) is 6.07 Å². The van der Waals surface area contributed by atoms with Crippen LogP contribution in [-0.4, -0.2) is 47.4 Å². The second-order valence-electron chi connectivity index (χ2n) is 4.20. The Hall–Kier alpha value is -0.620. The van der Waals surface area contributed by atoms with Crippen LogP contribution in [0.15, 0.2) is 11.2 Å². The molecule has 0 saturated carbocycles. The molecule has 1 N–H and O–H groups in total. The van der Waals surface area contributed by atoms with Crippen LogP contribution < -0.4 is 10.2 Å². The van der Waals surface area contributed by atoms with Gasteiger partial charge in [0.2, 0.25) is 0 Å². The van der Waals surface area contributed by atoms with Crippen LogP contribution >= 0.6 is 23.5 Å². The van der Waals surface area contributed by atoms with Gasteiger partial charge in [0, 0.05) is 37.2 Å². The number of hydrogen-bond donors (Lipinski definition) is 1. The smallest absolute Gasteiger partial charge is 0.191 e. The van der Waals surface area contributed by atoms with E-state index < -0.39 is 0 Å². The highest BCUT2D eigenvalue weighted by Crippen LogP contribution is 2.26. The highest BCUT2D eigenvalue weighted by Gasteiger charge is 2.20. The summed E-state index contributed by atoms with van der Waals surface area (Å²) < 4.78 is 0. The molecule has 0 aliphatic carbocycles. The van der Waals surface area contributed by atoms with Crippen molar-refractivity contribution in [1.82, 2.24) is 9.97 Å². The third-order valence-electron chi connectivity index (χ3n) is 3.05. The second-order valence-corrected chi connectivity index (χ2v) is 6.38. The zero-order valence-electron chi connectivity index (χ0n) is 11.1. The molecule has 18 heavy (non-hydrogen) atoms. The minimum atomic E-state index is 0.726. The lowest BCUT2D eigenvalue weighted by molar-refractivity contribution is 0.713. The summed E-state index contributed by atoms with van der Waals surface area (Å²) in [5.74, 6) is 3.14. The molecule has 1 aromatic rings. The van der Waals surface area contributed by atoms with E-state index in [1.165, 1.54) is 12.2 Å². The predicted molar refractivity (Wildman–Crippen MR) is 82.1 cm³/mol. The van der Waals surface area contributed by atoms with Crippen molar-refractivity contribution < 1.29 is 0 Å². The summed E-state index contributed by atoms with van der Waals surface area (Å²) in [5, 5.41) is 4.67. The lowest BCUT2D eigenvalue weighted by Gasteiger charge is -2.33. The summed E-state index contributed by atoms with van der Waals surface area (Å²) in [6.07, 6.45) is 3.24. The number of rotatable bonds is 4.